The minimum absolute atomic E-state index is 0.259. The molecule has 98 valence electrons. The average Bonchev–Trinajstić information content (AvgIpc) is 2.45. The Labute approximate surface area is 102 Å². The standard InChI is InChI=1S/C12H21FN2O2/c1-12(2,3)17-11(16)15-7-10(8-15)14-5-4-9(13)6-14/h9-10H,4-8H2,1-3H3/t9-/m0/s1. The van der Waals surface area contributed by atoms with E-state index in [0.717, 1.165) is 6.54 Å². The van der Waals surface area contributed by atoms with Crippen molar-refractivity contribution in [1.82, 2.24) is 9.80 Å². The van der Waals surface area contributed by atoms with Crippen molar-refractivity contribution >= 4 is 6.09 Å². The lowest BCUT2D eigenvalue weighted by Gasteiger charge is -2.43. The number of amides is 1. The van der Waals surface area contributed by atoms with Gasteiger partial charge in [-0.1, -0.05) is 0 Å². The Bertz CT molecular complexity index is 297. The molecule has 0 spiro atoms. The maximum absolute atomic E-state index is 13.0. The summed E-state index contributed by atoms with van der Waals surface area (Å²) in [6.07, 6.45) is -0.321. The summed E-state index contributed by atoms with van der Waals surface area (Å²) in [5, 5.41) is 0. The Hall–Kier alpha value is -0.840. The van der Waals surface area contributed by atoms with E-state index in [9.17, 15) is 9.18 Å². The second kappa shape index (κ2) is 4.44. The topological polar surface area (TPSA) is 32.8 Å². The van der Waals surface area contributed by atoms with Gasteiger partial charge >= 0.3 is 6.09 Å². The number of hydrogen-bond acceptors (Lipinski definition) is 3. The lowest BCUT2D eigenvalue weighted by atomic mass is 10.1. The fraction of sp³-hybridized carbons (Fsp3) is 0.917. The van der Waals surface area contributed by atoms with Crippen molar-refractivity contribution in [3.8, 4) is 0 Å². The fourth-order valence-corrected chi connectivity index (χ4v) is 2.24. The number of carbonyl (C=O) groups excluding carboxylic acids is 1. The van der Waals surface area contributed by atoms with Crippen molar-refractivity contribution in [2.24, 2.45) is 0 Å². The predicted octanol–water partition coefficient (Wildman–Crippen LogP) is 1.65. The van der Waals surface area contributed by atoms with E-state index < -0.39 is 11.8 Å². The van der Waals surface area contributed by atoms with Crippen LogP contribution in [0.3, 0.4) is 0 Å². The van der Waals surface area contributed by atoms with Gasteiger partial charge in [-0.2, -0.15) is 0 Å². The highest BCUT2D eigenvalue weighted by molar-refractivity contribution is 5.69. The van der Waals surface area contributed by atoms with Gasteiger partial charge in [-0.05, 0) is 27.2 Å². The molecule has 0 aromatic rings. The summed E-state index contributed by atoms with van der Waals surface area (Å²) in [7, 11) is 0. The molecule has 1 atom stereocenters. The molecule has 0 aliphatic carbocycles. The third-order valence-corrected chi connectivity index (χ3v) is 3.19. The number of halogens is 1. The highest BCUT2D eigenvalue weighted by Gasteiger charge is 2.39. The highest BCUT2D eigenvalue weighted by atomic mass is 19.1. The summed E-state index contributed by atoms with van der Waals surface area (Å²) in [4.78, 5) is 15.5. The zero-order valence-electron chi connectivity index (χ0n) is 10.8. The van der Waals surface area contributed by atoms with Crippen molar-refractivity contribution in [2.45, 2.75) is 45.0 Å². The van der Waals surface area contributed by atoms with Crippen LogP contribution in [0, 0.1) is 0 Å². The largest absolute Gasteiger partial charge is 0.444 e. The fourth-order valence-electron chi connectivity index (χ4n) is 2.24. The molecule has 17 heavy (non-hydrogen) atoms. The molecule has 2 aliphatic rings. The van der Waals surface area contributed by atoms with Crippen LogP contribution in [0.4, 0.5) is 9.18 Å². The first-order valence-corrected chi connectivity index (χ1v) is 6.21. The zero-order valence-corrected chi connectivity index (χ0v) is 10.8. The monoisotopic (exact) mass is 244 g/mol. The van der Waals surface area contributed by atoms with E-state index in [-0.39, 0.29) is 6.09 Å². The first-order valence-electron chi connectivity index (χ1n) is 6.21. The summed E-state index contributed by atoms with van der Waals surface area (Å²) in [5.41, 5.74) is -0.445. The van der Waals surface area contributed by atoms with Gasteiger partial charge in [0.1, 0.15) is 11.8 Å². The third-order valence-electron chi connectivity index (χ3n) is 3.19. The van der Waals surface area contributed by atoms with Crippen LogP contribution in [0.5, 0.6) is 0 Å². The summed E-state index contributed by atoms with van der Waals surface area (Å²) >= 11 is 0. The third kappa shape index (κ3) is 3.09. The number of ether oxygens (including phenoxy) is 1. The average molecular weight is 244 g/mol. The van der Waals surface area contributed by atoms with Crippen molar-refractivity contribution < 1.29 is 13.9 Å². The molecule has 1 amide bonds. The zero-order chi connectivity index (χ0) is 12.6. The highest BCUT2D eigenvalue weighted by Crippen LogP contribution is 2.23. The Kier molecular flexibility index (Phi) is 3.30. The van der Waals surface area contributed by atoms with Crippen LogP contribution >= 0.6 is 0 Å². The molecule has 5 heteroatoms. The van der Waals surface area contributed by atoms with Crippen LogP contribution < -0.4 is 0 Å². The molecule has 0 N–H and O–H groups in total. The summed E-state index contributed by atoms with van der Waals surface area (Å²) in [6, 6.07) is 0.322. The van der Waals surface area contributed by atoms with Gasteiger partial charge in [0.25, 0.3) is 0 Å². The molecular formula is C12H21FN2O2. The van der Waals surface area contributed by atoms with Crippen LogP contribution in [0.25, 0.3) is 0 Å². The molecule has 2 fully saturated rings. The second-order valence-corrected chi connectivity index (χ2v) is 5.92. The summed E-state index contributed by atoms with van der Waals surface area (Å²) < 4.78 is 18.3. The Balaban J connectivity index is 1.73. The van der Waals surface area contributed by atoms with Gasteiger partial charge in [0, 0.05) is 32.2 Å². The molecule has 2 aliphatic heterocycles. The van der Waals surface area contributed by atoms with Gasteiger partial charge in [0.15, 0.2) is 0 Å². The first kappa shape index (κ1) is 12.6. The normalized spacial score (nSPS) is 27.1. The maximum Gasteiger partial charge on any atom is 0.410 e. The number of rotatable bonds is 1. The molecular weight excluding hydrogens is 223 g/mol. The van der Waals surface area contributed by atoms with Gasteiger partial charge in [0.05, 0.1) is 0 Å². The second-order valence-electron chi connectivity index (χ2n) is 5.92. The summed E-state index contributed by atoms with van der Waals surface area (Å²) in [5.74, 6) is 0. The van der Waals surface area contributed by atoms with E-state index in [1.807, 2.05) is 20.8 Å². The summed E-state index contributed by atoms with van der Waals surface area (Å²) in [6.45, 7) is 8.24. The van der Waals surface area contributed by atoms with Crippen molar-refractivity contribution in [3.05, 3.63) is 0 Å². The van der Waals surface area contributed by atoms with E-state index in [4.69, 9.17) is 4.74 Å². The lowest BCUT2D eigenvalue weighted by molar-refractivity contribution is -0.0120. The van der Waals surface area contributed by atoms with Gasteiger partial charge < -0.3 is 9.64 Å². The molecule has 0 saturated carbocycles. The van der Waals surface area contributed by atoms with Crippen LogP contribution in [-0.4, -0.2) is 59.9 Å². The van der Waals surface area contributed by atoms with Gasteiger partial charge in [0.2, 0.25) is 0 Å². The molecule has 0 radical (unpaired) electrons. The molecule has 2 rings (SSSR count). The van der Waals surface area contributed by atoms with Crippen LogP contribution in [0.2, 0.25) is 0 Å². The molecule has 0 unspecified atom stereocenters. The smallest absolute Gasteiger partial charge is 0.410 e. The minimum atomic E-state index is -0.689. The molecule has 4 nitrogen and oxygen atoms in total. The van der Waals surface area contributed by atoms with E-state index in [2.05, 4.69) is 4.90 Å². The molecule has 2 heterocycles. The van der Waals surface area contributed by atoms with E-state index in [0.29, 0.717) is 32.1 Å². The Morgan fingerprint density at radius 2 is 1.94 bits per heavy atom. The lowest BCUT2D eigenvalue weighted by Crippen LogP contribution is -2.61. The molecule has 0 aromatic heterocycles. The SMILES string of the molecule is CC(C)(C)OC(=O)N1CC(N2CC[C@H](F)C2)C1. The predicted molar refractivity (Wildman–Crippen MR) is 62.7 cm³/mol. The van der Waals surface area contributed by atoms with E-state index in [1.165, 1.54) is 0 Å². The quantitative estimate of drug-likeness (QED) is 0.703. The van der Waals surface area contributed by atoms with Crippen LogP contribution in [-0.2, 0) is 4.74 Å². The van der Waals surface area contributed by atoms with E-state index >= 15 is 0 Å². The minimum Gasteiger partial charge on any atom is -0.444 e. The number of hydrogen-bond donors (Lipinski definition) is 0. The molecule has 0 aromatic carbocycles. The number of alkyl halides is 1. The molecule has 0 bridgehead atoms. The molecule has 2 saturated heterocycles. The Morgan fingerprint density at radius 3 is 2.41 bits per heavy atom. The maximum atomic E-state index is 13.0. The number of nitrogens with zero attached hydrogens (tertiary/aromatic N) is 2. The van der Waals surface area contributed by atoms with Crippen LogP contribution in [0.15, 0.2) is 0 Å². The first-order chi connectivity index (χ1) is 7.85. The van der Waals surface area contributed by atoms with Crippen LogP contribution in [0.1, 0.15) is 27.2 Å². The number of carbonyl (C=O) groups is 1. The van der Waals surface area contributed by atoms with Gasteiger partial charge in [-0.3, -0.25) is 4.90 Å². The van der Waals surface area contributed by atoms with Crippen molar-refractivity contribution in [2.75, 3.05) is 26.2 Å². The van der Waals surface area contributed by atoms with E-state index in [1.54, 1.807) is 4.90 Å². The van der Waals surface area contributed by atoms with Gasteiger partial charge in [-0.25, -0.2) is 9.18 Å². The van der Waals surface area contributed by atoms with Crippen molar-refractivity contribution in [1.29, 1.82) is 0 Å². The number of likely N-dealkylation sites (tertiary alicyclic amines) is 2. The van der Waals surface area contributed by atoms with Gasteiger partial charge in [-0.15, -0.1) is 0 Å². The van der Waals surface area contributed by atoms with Crippen molar-refractivity contribution in [3.63, 3.8) is 0 Å². The Morgan fingerprint density at radius 1 is 1.29 bits per heavy atom.